The van der Waals surface area contributed by atoms with E-state index in [-0.39, 0.29) is 30.8 Å². The summed E-state index contributed by atoms with van der Waals surface area (Å²) < 4.78 is 11.8. The smallest absolute Gasteiger partial charge is 0.217 e. The summed E-state index contributed by atoms with van der Waals surface area (Å²) in [5, 5.41) is 12.0. The van der Waals surface area contributed by atoms with Gasteiger partial charge in [0.15, 0.2) is 0 Å². The molecule has 3 rings (SSSR count). The molecule has 2 N–H and O–H groups in total. The van der Waals surface area contributed by atoms with Crippen molar-refractivity contribution < 1.29 is 19.4 Å². The van der Waals surface area contributed by atoms with Crippen LogP contribution in [-0.4, -0.2) is 36.4 Å². The summed E-state index contributed by atoms with van der Waals surface area (Å²) in [6.45, 7) is 1.90. The fraction of sp³-hybridized carbons (Fsp3) is 0.632. The molecule has 0 bridgehead atoms. The predicted octanol–water partition coefficient (Wildman–Crippen LogP) is 2.58. The van der Waals surface area contributed by atoms with Crippen molar-refractivity contribution >= 4 is 5.91 Å². The van der Waals surface area contributed by atoms with E-state index >= 15 is 0 Å². The zero-order chi connectivity index (χ0) is 16.9. The van der Waals surface area contributed by atoms with Gasteiger partial charge in [-0.2, -0.15) is 0 Å². The standard InChI is InChI=1S/C19H27NO4/c1-13(22)20-17-12-19(24-18-5-3-2-4-16(17)18)14-6-8-15(9-7-14)23-11-10-21/h6-9,16-19,21H,2-5,10-12H2,1H3,(H,20,22)/t16-,17+,18+,19+/m0/s1. The Morgan fingerprint density at radius 3 is 2.75 bits per heavy atom. The molecule has 0 radical (unpaired) electrons. The molecule has 2 fully saturated rings. The Morgan fingerprint density at radius 1 is 1.29 bits per heavy atom. The molecule has 4 atom stereocenters. The van der Waals surface area contributed by atoms with E-state index in [0.717, 1.165) is 30.6 Å². The van der Waals surface area contributed by atoms with Crippen LogP contribution in [0.4, 0.5) is 0 Å². The Bertz CT molecular complexity index is 545. The number of ether oxygens (including phenoxy) is 2. The number of aliphatic hydroxyl groups excluding tert-OH is 1. The molecule has 5 heteroatoms. The number of carbonyl (C=O) groups excluding carboxylic acids is 1. The van der Waals surface area contributed by atoms with Crippen molar-refractivity contribution in [3.05, 3.63) is 29.8 Å². The Balaban J connectivity index is 1.71. The normalized spacial score (nSPS) is 29.6. The lowest BCUT2D eigenvalue weighted by atomic mass is 9.76. The summed E-state index contributed by atoms with van der Waals surface area (Å²) in [5.41, 5.74) is 1.12. The molecule has 1 aliphatic carbocycles. The molecule has 132 valence electrons. The van der Waals surface area contributed by atoms with Gasteiger partial charge in [-0.15, -0.1) is 0 Å². The van der Waals surface area contributed by atoms with Crippen molar-refractivity contribution in [1.82, 2.24) is 5.32 Å². The molecule has 1 aliphatic heterocycles. The number of fused-ring (bicyclic) bond motifs is 1. The van der Waals surface area contributed by atoms with Crippen LogP contribution in [0.25, 0.3) is 0 Å². The molecule has 1 aromatic carbocycles. The fourth-order valence-corrected chi connectivity index (χ4v) is 4.01. The van der Waals surface area contributed by atoms with Gasteiger partial charge in [-0.3, -0.25) is 4.79 Å². The molecule has 0 spiro atoms. The van der Waals surface area contributed by atoms with Gasteiger partial charge in [0.1, 0.15) is 12.4 Å². The third-order valence-electron chi connectivity index (χ3n) is 5.08. The van der Waals surface area contributed by atoms with Crippen molar-refractivity contribution in [3.63, 3.8) is 0 Å². The number of amides is 1. The summed E-state index contributed by atoms with van der Waals surface area (Å²) >= 11 is 0. The van der Waals surface area contributed by atoms with Crippen LogP contribution in [0.15, 0.2) is 24.3 Å². The van der Waals surface area contributed by atoms with E-state index in [9.17, 15) is 4.79 Å². The molecule has 2 aliphatic rings. The van der Waals surface area contributed by atoms with Crippen LogP contribution in [-0.2, 0) is 9.53 Å². The zero-order valence-electron chi connectivity index (χ0n) is 14.2. The first kappa shape index (κ1) is 17.2. The summed E-state index contributed by atoms with van der Waals surface area (Å²) in [5.74, 6) is 1.22. The molecule has 1 saturated heterocycles. The number of nitrogens with one attached hydrogen (secondary N) is 1. The number of rotatable bonds is 5. The highest BCUT2D eigenvalue weighted by molar-refractivity contribution is 5.73. The molecule has 5 nitrogen and oxygen atoms in total. The molecule has 1 heterocycles. The highest BCUT2D eigenvalue weighted by Crippen LogP contribution is 2.41. The van der Waals surface area contributed by atoms with E-state index in [2.05, 4.69) is 5.32 Å². The maximum absolute atomic E-state index is 11.6. The third kappa shape index (κ3) is 4.08. The van der Waals surface area contributed by atoms with Gasteiger partial charge in [0.2, 0.25) is 5.91 Å². The summed E-state index contributed by atoms with van der Waals surface area (Å²) in [7, 11) is 0. The van der Waals surface area contributed by atoms with Crippen LogP contribution in [0, 0.1) is 5.92 Å². The van der Waals surface area contributed by atoms with Gasteiger partial charge < -0.3 is 19.9 Å². The average molecular weight is 333 g/mol. The van der Waals surface area contributed by atoms with Gasteiger partial charge in [-0.05, 0) is 37.0 Å². The van der Waals surface area contributed by atoms with Crippen molar-refractivity contribution in [2.75, 3.05) is 13.2 Å². The van der Waals surface area contributed by atoms with Gasteiger partial charge in [0, 0.05) is 18.9 Å². The second kappa shape index (κ2) is 7.99. The Labute approximate surface area is 143 Å². The fourth-order valence-electron chi connectivity index (χ4n) is 4.01. The highest BCUT2D eigenvalue weighted by Gasteiger charge is 2.40. The average Bonchev–Trinajstić information content (AvgIpc) is 2.60. The quantitative estimate of drug-likeness (QED) is 0.869. The molecular formula is C19H27NO4. The highest BCUT2D eigenvalue weighted by atomic mass is 16.5. The van der Waals surface area contributed by atoms with Crippen LogP contribution in [0.3, 0.4) is 0 Å². The van der Waals surface area contributed by atoms with Crippen molar-refractivity contribution in [3.8, 4) is 5.75 Å². The first-order valence-corrected chi connectivity index (χ1v) is 8.93. The SMILES string of the molecule is CC(=O)N[C@@H]1C[C@H](c2ccc(OCCO)cc2)O[C@@H]2CCCC[C@@H]12. The maximum Gasteiger partial charge on any atom is 0.217 e. The van der Waals surface area contributed by atoms with Crippen molar-refractivity contribution in [1.29, 1.82) is 0 Å². The summed E-state index contributed by atoms with van der Waals surface area (Å²) in [6, 6.07) is 8.05. The minimum absolute atomic E-state index is 0.00749. The minimum atomic E-state index is 0.00749. The lowest BCUT2D eigenvalue weighted by Gasteiger charge is -2.45. The molecule has 0 aromatic heterocycles. The van der Waals surface area contributed by atoms with E-state index in [4.69, 9.17) is 14.6 Å². The van der Waals surface area contributed by atoms with E-state index in [1.807, 2.05) is 24.3 Å². The molecule has 1 amide bonds. The number of hydrogen-bond acceptors (Lipinski definition) is 4. The molecule has 1 aromatic rings. The van der Waals surface area contributed by atoms with Gasteiger partial charge in [0.25, 0.3) is 0 Å². The number of benzene rings is 1. The van der Waals surface area contributed by atoms with Crippen LogP contribution in [0.5, 0.6) is 5.75 Å². The monoisotopic (exact) mass is 333 g/mol. The second-order valence-corrected chi connectivity index (χ2v) is 6.80. The van der Waals surface area contributed by atoms with Gasteiger partial charge in [-0.1, -0.05) is 25.0 Å². The van der Waals surface area contributed by atoms with Gasteiger partial charge in [0.05, 0.1) is 18.8 Å². The lowest BCUT2D eigenvalue weighted by molar-refractivity contribution is -0.131. The number of carbonyl (C=O) groups is 1. The number of aliphatic hydroxyl groups is 1. The Kier molecular flexibility index (Phi) is 5.74. The molecule has 0 unspecified atom stereocenters. The van der Waals surface area contributed by atoms with E-state index in [1.165, 1.54) is 12.8 Å². The zero-order valence-corrected chi connectivity index (χ0v) is 14.2. The lowest BCUT2D eigenvalue weighted by Crippen LogP contribution is -2.50. The van der Waals surface area contributed by atoms with E-state index in [1.54, 1.807) is 6.92 Å². The van der Waals surface area contributed by atoms with E-state index in [0.29, 0.717) is 12.5 Å². The minimum Gasteiger partial charge on any atom is -0.491 e. The van der Waals surface area contributed by atoms with Gasteiger partial charge in [-0.25, -0.2) is 0 Å². The predicted molar refractivity (Wildman–Crippen MR) is 90.8 cm³/mol. The first-order chi connectivity index (χ1) is 11.7. The maximum atomic E-state index is 11.6. The largest absolute Gasteiger partial charge is 0.491 e. The number of hydrogen-bond donors (Lipinski definition) is 2. The van der Waals surface area contributed by atoms with Crippen LogP contribution in [0.2, 0.25) is 0 Å². The topological polar surface area (TPSA) is 67.8 Å². The molecule has 1 saturated carbocycles. The van der Waals surface area contributed by atoms with Crippen LogP contribution < -0.4 is 10.1 Å². The molecular weight excluding hydrogens is 306 g/mol. The first-order valence-electron chi connectivity index (χ1n) is 8.93. The summed E-state index contributed by atoms with van der Waals surface area (Å²) in [6.07, 6.45) is 5.70. The van der Waals surface area contributed by atoms with E-state index < -0.39 is 0 Å². The molecule has 24 heavy (non-hydrogen) atoms. The summed E-state index contributed by atoms with van der Waals surface area (Å²) in [4.78, 5) is 11.6. The van der Waals surface area contributed by atoms with Crippen molar-refractivity contribution in [2.24, 2.45) is 5.92 Å². The third-order valence-corrected chi connectivity index (χ3v) is 5.08. The van der Waals surface area contributed by atoms with Crippen molar-refractivity contribution in [2.45, 2.75) is 57.3 Å². The Hall–Kier alpha value is -1.59. The second-order valence-electron chi connectivity index (χ2n) is 6.80. The Morgan fingerprint density at radius 2 is 2.04 bits per heavy atom. The van der Waals surface area contributed by atoms with Crippen LogP contribution in [0.1, 0.15) is 50.7 Å². The van der Waals surface area contributed by atoms with Gasteiger partial charge >= 0.3 is 0 Å². The van der Waals surface area contributed by atoms with Crippen LogP contribution >= 0.6 is 0 Å².